The molecule has 0 spiro atoms. The fraction of sp³-hybridized carbons (Fsp3) is 0.692. The Labute approximate surface area is 98.7 Å². The molecular formula is C13H23N3. The highest BCUT2D eigenvalue weighted by atomic mass is 14.9. The van der Waals surface area contributed by atoms with Gasteiger partial charge in [0.25, 0.3) is 0 Å². The fourth-order valence-corrected chi connectivity index (χ4v) is 1.78. The summed E-state index contributed by atoms with van der Waals surface area (Å²) in [6.45, 7) is 11.7. The van der Waals surface area contributed by atoms with Gasteiger partial charge in [0.2, 0.25) is 0 Å². The second-order valence-electron chi connectivity index (χ2n) is 4.51. The van der Waals surface area contributed by atoms with Gasteiger partial charge in [-0.15, -0.1) is 0 Å². The smallest absolute Gasteiger partial charge is 0.125 e. The molecule has 0 saturated heterocycles. The van der Waals surface area contributed by atoms with Crippen LogP contribution in [0.15, 0.2) is 6.07 Å². The Morgan fingerprint density at radius 2 is 1.94 bits per heavy atom. The highest BCUT2D eigenvalue weighted by molar-refractivity contribution is 5.15. The van der Waals surface area contributed by atoms with Crippen molar-refractivity contribution in [3.05, 3.63) is 23.3 Å². The molecule has 2 unspecified atom stereocenters. The van der Waals surface area contributed by atoms with E-state index in [0.717, 1.165) is 23.8 Å². The topological polar surface area (TPSA) is 37.8 Å². The monoisotopic (exact) mass is 221 g/mol. The lowest BCUT2D eigenvalue weighted by atomic mass is 9.99. The van der Waals surface area contributed by atoms with E-state index >= 15 is 0 Å². The molecule has 0 saturated carbocycles. The van der Waals surface area contributed by atoms with Crippen molar-refractivity contribution >= 4 is 0 Å². The second-order valence-corrected chi connectivity index (χ2v) is 4.51. The average molecular weight is 221 g/mol. The van der Waals surface area contributed by atoms with Crippen molar-refractivity contribution < 1.29 is 0 Å². The minimum Gasteiger partial charge on any atom is -0.314 e. The normalized spacial score (nSPS) is 14.8. The first kappa shape index (κ1) is 13.1. The highest BCUT2D eigenvalue weighted by Gasteiger charge is 2.15. The second kappa shape index (κ2) is 5.94. The first-order valence-corrected chi connectivity index (χ1v) is 6.10. The Morgan fingerprint density at radius 3 is 2.50 bits per heavy atom. The highest BCUT2D eigenvalue weighted by Crippen LogP contribution is 2.17. The maximum Gasteiger partial charge on any atom is 0.125 e. The van der Waals surface area contributed by atoms with Gasteiger partial charge in [-0.1, -0.05) is 13.8 Å². The van der Waals surface area contributed by atoms with E-state index in [0.29, 0.717) is 12.0 Å². The van der Waals surface area contributed by atoms with Crippen molar-refractivity contribution in [3.8, 4) is 0 Å². The van der Waals surface area contributed by atoms with E-state index in [2.05, 4.69) is 42.1 Å². The van der Waals surface area contributed by atoms with Gasteiger partial charge in [-0.2, -0.15) is 0 Å². The Hall–Kier alpha value is -0.960. The summed E-state index contributed by atoms with van der Waals surface area (Å²) in [5.41, 5.74) is 2.19. The van der Waals surface area contributed by atoms with Gasteiger partial charge in [-0.05, 0) is 39.8 Å². The van der Waals surface area contributed by atoms with E-state index in [1.54, 1.807) is 0 Å². The molecule has 16 heavy (non-hydrogen) atoms. The van der Waals surface area contributed by atoms with Crippen LogP contribution in [0.2, 0.25) is 0 Å². The van der Waals surface area contributed by atoms with Crippen LogP contribution in [0.3, 0.4) is 0 Å². The van der Waals surface area contributed by atoms with Gasteiger partial charge in [0.1, 0.15) is 5.82 Å². The van der Waals surface area contributed by atoms with Crippen LogP contribution in [0.25, 0.3) is 0 Å². The number of aryl methyl sites for hydroxylation is 2. The molecule has 1 rings (SSSR count). The van der Waals surface area contributed by atoms with E-state index in [1.165, 1.54) is 6.42 Å². The number of hydrogen-bond acceptors (Lipinski definition) is 3. The van der Waals surface area contributed by atoms with Gasteiger partial charge in [0.15, 0.2) is 0 Å². The molecule has 90 valence electrons. The third kappa shape index (κ3) is 3.56. The molecule has 0 bridgehead atoms. The summed E-state index contributed by atoms with van der Waals surface area (Å²) in [4.78, 5) is 8.82. The first-order valence-electron chi connectivity index (χ1n) is 6.10. The lowest BCUT2D eigenvalue weighted by molar-refractivity contribution is 0.473. The quantitative estimate of drug-likeness (QED) is 0.830. The molecule has 0 radical (unpaired) electrons. The van der Waals surface area contributed by atoms with Crippen molar-refractivity contribution in [1.82, 2.24) is 15.3 Å². The number of aromatic nitrogens is 2. The maximum absolute atomic E-state index is 4.51. The van der Waals surface area contributed by atoms with Gasteiger partial charge in [-0.25, -0.2) is 9.97 Å². The SMILES string of the molecule is CCCNC(C)C(C)c1cc(C)nc(C)n1. The molecule has 0 aromatic carbocycles. The van der Waals surface area contributed by atoms with Crippen molar-refractivity contribution in [2.45, 2.75) is 53.0 Å². The Morgan fingerprint density at radius 1 is 1.25 bits per heavy atom. The van der Waals surface area contributed by atoms with E-state index in [1.807, 2.05) is 13.8 Å². The Bertz CT molecular complexity index is 316. The van der Waals surface area contributed by atoms with Gasteiger partial charge < -0.3 is 5.32 Å². The molecule has 0 aliphatic carbocycles. The fourth-order valence-electron chi connectivity index (χ4n) is 1.78. The van der Waals surface area contributed by atoms with Crippen LogP contribution in [0, 0.1) is 13.8 Å². The molecule has 0 amide bonds. The first-order chi connectivity index (χ1) is 7.54. The van der Waals surface area contributed by atoms with Gasteiger partial charge in [0.05, 0.1) is 0 Å². The van der Waals surface area contributed by atoms with Crippen molar-refractivity contribution in [3.63, 3.8) is 0 Å². The largest absolute Gasteiger partial charge is 0.314 e. The van der Waals surface area contributed by atoms with Gasteiger partial charge in [-0.3, -0.25) is 0 Å². The molecule has 3 nitrogen and oxygen atoms in total. The molecule has 1 aromatic rings. The number of nitrogens with one attached hydrogen (secondary N) is 1. The summed E-state index contributed by atoms with van der Waals surface area (Å²) in [6, 6.07) is 2.54. The Balaban J connectivity index is 2.74. The standard InChI is InChI=1S/C13H23N3/c1-6-7-14-11(4)10(3)13-8-9(2)15-12(5)16-13/h8,10-11,14H,6-7H2,1-5H3. The van der Waals surface area contributed by atoms with Crippen LogP contribution in [0.4, 0.5) is 0 Å². The molecule has 0 fully saturated rings. The molecule has 1 heterocycles. The van der Waals surface area contributed by atoms with Crippen LogP contribution in [0.1, 0.15) is 50.3 Å². The molecule has 1 aromatic heterocycles. The van der Waals surface area contributed by atoms with E-state index in [9.17, 15) is 0 Å². The molecule has 0 aliphatic heterocycles. The minimum atomic E-state index is 0.423. The number of rotatable bonds is 5. The van der Waals surface area contributed by atoms with E-state index in [-0.39, 0.29) is 0 Å². The summed E-state index contributed by atoms with van der Waals surface area (Å²) in [6.07, 6.45) is 1.17. The van der Waals surface area contributed by atoms with E-state index in [4.69, 9.17) is 0 Å². The van der Waals surface area contributed by atoms with E-state index < -0.39 is 0 Å². The van der Waals surface area contributed by atoms with Crippen molar-refractivity contribution in [2.24, 2.45) is 0 Å². The zero-order chi connectivity index (χ0) is 12.1. The predicted octanol–water partition coefficient (Wildman–Crippen LogP) is 2.59. The lowest BCUT2D eigenvalue weighted by Crippen LogP contribution is -2.32. The third-order valence-corrected chi connectivity index (χ3v) is 2.92. The van der Waals surface area contributed by atoms with Crippen LogP contribution in [0.5, 0.6) is 0 Å². The maximum atomic E-state index is 4.51. The van der Waals surface area contributed by atoms with Gasteiger partial charge >= 0.3 is 0 Å². The molecule has 1 N–H and O–H groups in total. The summed E-state index contributed by atoms with van der Waals surface area (Å²) >= 11 is 0. The Kier molecular flexibility index (Phi) is 4.87. The third-order valence-electron chi connectivity index (χ3n) is 2.92. The molecular weight excluding hydrogens is 198 g/mol. The number of hydrogen-bond donors (Lipinski definition) is 1. The van der Waals surface area contributed by atoms with Crippen LogP contribution in [-0.2, 0) is 0 Å². The zero-order valence-corrected chi connectivity index (χ0v) is 11.0. The van der Waals surface area contributed by atoms with Crippen LogP contribution >= 0.6 is 0 Å². The van der Waals surface area contributed by atoms with Crippen molar-refractivity contribution in [2.75, 3.05) is 6.54 Å². The van der Waals surface area contributed by atoms with Crippen LogP contribution < -0.4 is 5.32 Å². The average Bonchev–Trinajstić information content (AvgIpc) is 2.23. The summed E-state index contributed by atoms with van der Waals surface area (Å²) in [5.74, 6) is 1.29. The summed E-state index contributed by atoms with van der Waals surface area (Å²) in [7, 11) is 0. The summed E-state index contributed by atoms with van der Waals surface area (Å²) < 4.78 is 0. The van der Waals surface area contributed by atoms with Crippen molar-refractivity contribution in [1.29, 1.82) is 0 Å². The molecule has 2 atom stereocenters. The number of nitrogens with zero attached hydrogens (tertiary/aromatic N) is 2. The van der Waals surface area contributed by atoms with Crippen LogP contribution in [-0.4, -0.2) is 22.6 Å². The minimum absolute atomic E-state index is 0.423. The molecule has 0 aliphatic rings. The molecule has 3 heteroatoms. The predicted molar refractivity (Wildman–Crippen MR) is 67.7 cm³/mol. The van der Waals surface area contributed by atoms with Gasteiger partial charge in [0, 0.05) is 23.3 Å². The lowest BCUT2D eigenvalue weighted by Gasteiger charge is -2.21. The zero-order valence-electron chi connectivity index (χ0n) is 11.0. The summed E-state index contributed by atoms with van der Waals surface area (Å²) in [5, 5.41) is 3.51.